The van der Waals surface area contributed by atoms with Gasteiger partial charge in [0.05, 0.1) is 0 Å². The molecule has 0 aromatic heterocycles. The molecule has 0 bridgehead atoms. The third kappa shape index (κ3) is 4.64. The van der Waals surface area contributed by atoms with Crippen molar-refractivity contribution in [3.8, 4) is 0 Å². The zero-order chi connectivity index (χ0) is 13.1. The maximum absolute atomic E-state index is 2.47. The molecule has 0 aromatic carbocycles. The fourth-order valence-corrected chi connectivity index (χ4v) is 3.99. The lowest BCUT2D eigenvalue weighted by molar-refractivity contribution is 0.271. The molecule has 1 fully saturated rings. The smallest absolute Gasteiger partial charge is 0.0326 e. The summed E-state index contributed by atoms with van der Waals surface area (Å²) < 4.78 is 0. The largest absolute Gasteiger partial charge is 0.0654 e. The molecule has 1 rings (SSSR count). The average Bonchev–Trinajstić information content (AvgIpc) is 2.39. The molecular weight excluding hydrogens is 204 g/mol. The van der Waals surface area contributed by atoms with E-state index in [9.17, 15) is 0 Å². The summed E-state index contributed by atoms with van der Waals surface area (Å²) in [5, 5.41) is 0. The van der Waals surface area contributed by atoms with Crippen molar-refractivity contribution < 1.29 is 0 Å². The summed E-state index contributed by atoms with van der Waals surface area (Å²) in [6.45, 7) is 14.6. The van der Waals surface area contributed by atoms with E-state index in [4.69, 9.17) is 0 Å². The summed E-state index contributed by atoms with van der Waals surface area (Å²) in [6, 6.07) is 0. The molecular formula is C17H34. The van der Waals surface area contributed by atoms with Gasteiger partial charge in [-0.15, -0.1) is 0 Å². The first-order chi connectivity index (χ1) is 7.85. The van der Waals surface area contributed by atoms with Crippen molar-refractivity contribution in [2.45, 2.75) is 80.1 Å². The van der Waals surface area contributed by atoms with Crippen LogP contribution in [0.1, 0.15) is 80.1 Å². The van der Waals surface area contributed by atoms with Gasteiger partial charge in [0.15, 0.2) is 0 Å². The van der Waals surface area contributed by atoms with Crippen molar-refractivity contribution in [1.82, 2.24) is 0 Å². The van der Waals surface area contributed by atoms with Crippen LogP contribution in [0, 0.1) is 29.1 Å². The van der Waals surface area contributed by atoms with Crippen molar-refractivity contribution in [3.05, 3.63) is 0 Å². The standard InChI is InChI=1S/C17H34/c1-7-8-13(2)9-14(3)10-16-11-15(4)17(5,6)12-16/h13-16H,7-12H2,1-6H3. The molecule has 0 saturated heterocycles. The number of rotatable bonds is 6. The minimum atomic E-state index is 0.597. The van der Waals surface area contributed by atoms with Crippen LogP contribution in [0.25, 0.3) is 0 Å². The van der Waals surface area contributed by atoms with Gasteiger partial charge in [0.2, 0.25) is 0 Å². The molecule has 102 valence electrons. The predicted octanol–water partition coefficient (Wildman–Crippen LogP) is 5.91. The van der Waals surface area contributed by atoms with Gasteiger partial charge in [-0.2, -0.15) is 0 Å². The Labute approximate surface area is 110 Å². The average molecular weight is 238 g/mol. The van der Waals surface area contributed by atoms with Gasteiger partial charge < -0.3 is 0 Å². The van der Waals surface area contributed by atoms with Gasteiger partial charge in [0.25, 0.3) is 0 Å². The van der Waals surface area contributed by atoms with Crippen LogP contribution in [0.3, 0.4) is 0 Å². The second-order valence-corrected chi connectivity index (χ2v) is 7.67. The Morgan fingerprint density at radius 1 is 1.18 bits per heavy atom. The summed E-state index contributed by atoms with van der Waals surface area (Å²) in [6.07, 6.45) is 8.61. The lowest BCUT2D eigenvalue weighted by Crippen LogP contribution is -2.13. The van der Waals surface area contributed by atoms with Gasteiger partial charge in [0, 0.05) is 0 Å². The van der Waals surface area contributed by atoms with Crippen molar-refractivity contribution in [3.63, 3.8) is 0 Å². The first kappa shape index (κ1) is 15.1. The SMILES string of the molecule is CCCC(C)CC(C)CC1CC(C)C(C)(C)C1. The zero-order valence-electron chi connectivity index (χ0n) is 13.1. The summed E-state index contributed by atoms with van der Waals surface area (Å²) in [7, 11) is 0. The van der Waals surface area contributed by atoms with Gasteiger partial charge >= 0.3 is 0 Å². The lowest BCUT2D eigenvalue weighted by atomic mass is 9.82. The van der Waals surface area contributed by atoms with E-state index in [1.54, 1.807) is 0 Å². The Kier molecular flexibility index (Phi) is 5.54. The van der Waals surface area contributed by atoms with Gasteiger partial charge in [-0.05, 0) is 54.8 Å². The number of hydrogen-bond acceptors (Lipinski definition) is 0. The highest BCUT2D eigenvalue weighted by atomic mass is 14.4. The molecule has 1 aliphatic carbocycles. The van der Waals surface area contributed by atoms with E-state index in [1.807, 2.05) is 0 Å². The number of hydrogen-bond donors (Lipinski definition) is 0. The molecule has 1 aliphatic rings. The molecule has 0 radical (unpaired) electrons. The minimum Gasteiger partial charge on any atom is -0.0654 e. The van der Waals surface area contributed by atoms with Crippen molar-refractivity contribution in [2.75, 3.05) is 0 Å². The fourth-order valence-electron chi connectivity index (χ4n) is 3.99. The Morgan fingerprint density at radius 2 is 1.82 bits per heavy atom. The molecule has 1 saturated carbocycles. The van der Waals surface area contributed by atoms with E-state index >= 15 is 0 Å². The van der Waals surface area contributed by atoms with E-state index in [2.05, 4.69) is 41.5 Å². The highest BCUT2D eigenvalue weighted by Gasteiger charge is 2.37. The lowest BCUT2D eigenvalue weighted by Gasteiger charge is -2.23. The molecule has 0 heteroatoms. The van der Waals surface area contributed by atoms with Crippen molar-refractivity contribution in [1.29, 1.82) is 0 Å². The van der Waals surface area contributed by atoms with Crippen LogP contribution in [-0.2, 0) is 0 Å². The highest BCUT2D eigenvalue weighted by molar-refractivity contribution is 4.88. The van der Waals surface area contributed by atoms with Crippen LogP contribution < -0.4 is 0 Å². The Morgan fingerprint density at radius 3 is 2.29 bits per heavy atom. The second kappa shape index (κ2) is 6.25. The molecule has 0 aliphatic heterocycles. The van der Waals surface area contributed by atoms with Crippen LogP contribution in [0.5, 0.6) is 0 Å². The van der Waals surface area contributed by atoms with Crippen LogP contribution in [0.15, 0.2) is 0 Å². The van der Waals surface area contributed by atoms with Gasteiger partial charge in [-0.3, -0.25) is 0 Å². The van der Waals surface area contributed by atoms with Crippen LogP contribution in [-0.4, -0.2) is 0 Å². The monoisotopic (exact) mass is 238 g/mol. The summed E-state index contributed by atoms with van der Waals surface area (Å²) in [5.41, 5.74) is 0.597. The third-order valence-electron chi connectivity index (χ3n) is 5.16. The maximum atomic E-state index is 2.47. The normalized spacial score (nSPS) is 31.4. The van der Waals surface area contributed by atoms with Gasteiger partial charge in [-0.1, -0.05) is 54.4 Å². The Balaban J connectivity index is 2.30. The van der Waals surface area contributed by atoms with Gasteiger partial charge in [0.1, 0.15) is 0 Å². The summed E-state index contributed by atoms with van der Waals surface area (Å²) in [4.78, 5) is 0. The van der Waals surface area contributed by atoms with E-state index < -0.39 is 0 Å². The molecule has 4 unspecified atom stereocenters. The molecule has 0 heterocycles. The fraction of sp³-hybridized carbons (Fsp3) is 1.00. The zero-order valence-corrected chi connectivity index (χ0v) is 13.1. The van der Waals surface area contributed by atoms with E-state index in [0.717, 1.165) is 23.7 Å². The molecule has 0 aromatic rings. The summed E-state index contributed by atoms with van der Waals surface area (Å²) in [5.74, 6) is 3.79. The van der Waals surface area contributed by atoms with Gasteiger partial charge in [-0.25, -0.2) is 0 Å². The van der Waals surface area contributed by atoms with Crippen LogP contribution >= 0.6 is 0 Å². The van der Waals surface area contributed by atoms with Crippen molar-refractivity contribution >= 4 is 0 Å². The molecule has 0 nitrogen and oxygen atoms in total. The van der Waals surface area contributed by atoms with Crippen molar-refractivity contribution in [2.24, 2.45) is 29.1 Å². The Hall–Kier alpha value is 0. The maximum Gasteiger partial charge on any atom is -0.0326 e. The molecule has 4 atom stereocenters. The molecule has 17 heavy (non-hydrogen) atoms. The third-order valence-corrected chi connectivity index (χ3v) is 5.16. The topological polar surface area (TPSA) is 0 Å². The first-order valence-corrected chi connectivity index (χ1v) is 7.85. The quantitative estimate of drug-likeness (QED) is 0.539. The van der Waals surface area contributed by atoms with Crippen LogP contribution in [0.4, 0.5) is 0 Å². The Bertz CT molecular complexity index is 216. The first-order valence-electron chi connectivity index (χ1n) is 7.85. The minimum absolute atomic E-state index is 0.597. The van der Waals surface area contributed by atoms with Crippen LogP contribution in [0.2, 0.25) is 0 Å². The highest BCUT2D eigenvalue weighted by Crippen LogP contribution is 2.48. The summed E-state index contributed by atoms with van der Waals surface area (Å²) >= 11 is 0. The predicted molar refractivity (Wildman–Crippen MR) is 78.1 cm³/mol. The molecule has 0 amide bonds. The molecule has 0 N–H and O–H groups in total. The van der Waals surface area contributed by atoms with E-state index in [1.165, 1.54) is 38.5 Å². The second-order valence-electron chi connectivity index (χ2n) is 7.67. The van der Waals surface area contributed by atoms with E-state index in [0.29, 0.717) is 5.41 Å². The van der Waals surface area contributed by atoms with E-state index in [-0.39, 0.29) is 0 Å². The molecule has 0 spiro atoms.